The monoisotopic (exact) mass is 333 g/mol. The molecule has 2 aromatic heterocycles. The number of rotatable bonds is 5. The Morgan fingerprint density at radius 2 is 2.25 bits per heavy atom. The van der Waals surface area contributed by atoms with Crippen LogP contribution in [-0.4, -0.2) is 18.4 Å². The van der Waals surface area contributed by atoms with Crippen molar-refractivity contribution in [3.63, 3.8) is 0 Å². The van der Waals surface area contributed by atoms with Crippen molar-refractivity contribution in [3.05, 3.63) is 43.7 Å². The molecule has 0 fully saturated rings. The van der Waals surface area contributed by atoms with Crippen molar-refractivity contribution in [1.29, 1.82) is 0 Å². The number of aromatic amines is 1. The van der Waals surface area contributed by atoms with Crippen molar-refractivity contribution >= 4 is 33.0 Å². The highest BCUT2D eigenvalue weighted by Gasteiger charge is 2.16. The second-order valence-corrected chi connectivity index (χ2v) is 7.28. The molecule has 0 unspecified atom stereocenters. The fourth-order valence-corrected chi connectivity index (χ4v) is 3.54. The number of hydrogen-bond acceptors (Lipinski definition) is 5. The predicted octanol–water partition coefficient (Wildman–Crippen LogP) is 1.53. The molecular formula is C11H12ClN3O3S2. The number of nitrogens with one attached hydrogen (secondary N) is 2. The molecule has 0 spiro atoms. The van der Waals surface area contributed by atoms with Crippen LogP contribution in [0.1, 0.15) is 16.8 Å². The highest BCUT2D eigenvalue weighted by Crippen LogP contribution is 2.15. The highest BCUT2D eigenvalue weighted by molar-refractivity contribution is 7.89. The van der Waals surface area contributed by atoms with Gasteiger partial charge in [-0.2, -0.15) is 0 Å². The number of aryl methyl sites for hydroxylation is 1. The maximum absolute atomic E-state index is 12.0. The number of H-pyrrole nitrogens is 1. The van der Waals surface area contributed by atoms with Gasteiger partial charge in [-0.1, -0.05) is 18.5 Å². The summed E-state index contributed by atoms with van der Waals surface area (Å²) in [4.78, 5) is 18.5. The molecule has 6 nitrogen and oxygen atoms in total. The van der Waals surface area contributed by atoms with Crippen LogP contribution >= 0.6 is 22.9 Å². The summed E-state index contributed by atoms with van der Waals surface area (Å²) in [5, 5.41) is 0.510. The molecule has 9 heteroatoms. The molecule has 2 rings (SSSR count). The molecule has 0 aliphatic rings. The molecule has 2 aromatic rings. The van der Waals surface area contributed by atoms with E-state index in [2.05, 4.69) is 14.7 Å². The first-order chi connectivity index (χ1) is 9.42. The van der Waals surface area contributed by atoms with Gasteiger partial charge in [-0.25, -0.2) is 18.1 Å². The minimum absolute atomic E-state index is 0.0885. The molecule has 0 aromatic carbocycles. The van der Waals surface area contributed by atoms with Gasteiger partial charge in [0.15, 0.2) is 0 Å². The SMILES string of the molecule is CCc1cnc(CNS(=O)(=O)c2c[nH]c(=O)c(Cl)c2)s1. The van der Waals surface area contributed by atoms with E-state index in [0.29, 0.717) is 5.01 Å². The normalized spacial score (nSPS) is 11.7. The van der Waals surface area contributed by atoms with Gasteiger partial charge in [-0.05, 0) is 12.5 Å². The molecule has 0 radical (unpaired) electrons. The largest absolute Gasteiger partial charge is 0.326 e. The summed E-state index contributed by atoms with van der Waals surface area (Å²) in [7, 11) is -3.73. The van der Waals surface area contributed by atoms with Crippen molar-refractivity contribution in [2.75, 3.05) is 0 Å². The number of nitrogens with zero attached hydrogens (tertiary/aromatic N) is 1. The first-order valence-corrected chi connectivity index (χ1v) is 8.41. The zero-order valence-corrected chi connectivity index (χ0v) is 12.9. The number of thiazole rings is 1. The van der Waals surface area contributed by atoms with Gasteiger partial charge >= 0.3 is 0 Å². The fourth-order valence-electron chi connectivity index (χ4n) is 1.43. The Balaban J connectivity index is 2.14. The lowest BCUT2D eigenvalue weighted by molar-refractivity contribution is 0.580. The Morgan fingerprint density at radius 3 is 2.85 bits per heavy atom. The molecule has 0 saturated heterocycles. The van der Waals surface area contributed by atoms with Crippen LogP contribution in [0, 0.1) is 0 Å². The van der Waals surface area contributed by atoms with Gasteiger partial charge in [0, 0.05) is 17.3 Å². The Kier molecular flexibility index (Phi) is 4.59. The van der Waals surface area contributed by atoms with Crippen molar-refractivity contribution < 1.29 is 8.42 Å². The minimum Gasteiger partial charge on any atom is -0.326 e. The maximum Gasteiger partial charge on any atom is 0.266 e. The van der Waals surface area contributed by atoms with Crippen molar-refractivity contribution in [2.45, 2.75) is 24.8 Å². The number of sulfonamides is 1. The maximum atomic E-state index is 12.0. The second-order valence-electron chi connectivity index (χ2n) is 3.91. The van der Waals surface area contributed by atoms with E-state index in [0.717, 1.165) is 23.6 Å². The van der Waals surface area contributed by atoms with Crippen molar-refractivity contribution in [3.8, 4) is 0 Å². The molecule has 0 atom stereocenters. The zero-order chi connectivity index (χ0) is 14.8. The first kappa shape index (κ1) is 15.2. The van der Waals surface area contributed by atoms with Crippen molar-refractivity contribution in [2.24, 2.45) is 0 Å². The lowest BCUT2D eigenvalue weighted by Crippen LogP contribution is -2.24. The molecular weight excluding hydrogens is 322 g/mol. The summed E-state index contributed by atoms with van der Waals surface area (Å²) in [5.41, 5.74) is -0.530. The van der Waals surface area contributed by atoms with Crippen LogP contribution in [0.4, 0.5) is 0 Å². The van der Waals surface area contributed by atoms with E-state index in [4.69, 9.17) is 11.6 Å². The highest BCUT2D eigenvalue weighted by atomic mass is 35.5. The summed E-state index contributed by atoms with van der Waals surface area (Å²) in [6.45, 7) is 2.10. The van der Waals surface area contributed by atoms with E-state index in [-0.39, 0.29) is 16.5 Å². The third kappa shape index (κ3) is 3.45. The van der Waals surface area contributed by atoms with Crippen LogP contribution in [0.15, 0.2) is 28.2 Å². The summed E-state index contributed by atoms with van der Waals surface area (Å²) >= 11 is 7.07. The molecule has 2 heterocycles. The van der Waals surface area contributed by atoms with Crippen LogP contribution in [0.2, 0.25) is 5.02 Å². The Morgan fingerprint density at radius 1 is 1.50 bits per heavy atom. The minimum atomic E-state index is -3.73. The predicted molar refractivity (Wildman–Crippen MR) is 77.6 cm³/mol. The number of hydrogen-bond donors (Lipinski definition) is 2. The third-order valence-electron chi connectivity index (χ3n) is 2.51. The van der Waals surface area contributed by atoms with Gasteiger partial charge in [0.1, 0.15) is 10.0 Å². The van der Waals surface area contributed by atoms with Crippen molar-refractivity contribution in [1.82, 2.24) is 14.7 Å². The molecule has 0 bridgehead atoms. The van der Waals surface area contributed by atoms with Gasteiger partial charge in [0.05, 0.1) is 11.4 Å². The summed E-state index contributed by atoms with van der Waals surface area (Å²) in [6, 6.07) is 1.11. The molecule has 0 amide bonds. The van der Waals surface area contributed by atoms with E-state index in [1.807, 2.05) is 6.92 Å². The molecule has 20 heavy (non-hydrogen) atoms. The Labute approximate surface area is 124 Å². The summed E-state index contributed by atoms with van der Waals surface area (Å²) < 4.78 is 26.5. The van der Waals surface area contributed by atoms with Gasteiger partial charge in [0.2, 0.25) is 10.0 Å². The van der Waals surface area contributed by atoms with Crippen LogP contribution in [0.25, 0.3) is 0 Å². The van der Waals surface area contributed by atoms with E-state index < -0.39 is 15.6 Å². The lowest BCUT2D eigenvalue weighted by Gasteiger charge is -2.05. The van der Waals surface area contributed by atoms with Crippen LogP contribution in [0.5, 0.6) is 0 Å². The number of halogens is 1. The van der Waals surface area contributed by atoms with Gasteiger partial charge in [-0.3, -0.25) is 4.79 Å². The van der Waals surface area contributed by atoms with Crippen LogP contribution in [0.3, 0.4) is 0 Å². The Hall–Kier alpha value is -1.22. The number of pyridine rings is 1. The van der Waals surface area contributed by atoms with E-state index in [9.17, 15) is 13.2 Å². The van der Waals surface area contributed by atoms with E-state index >= 15 is 0 Å². The van der Waals surface area contributed by atoms with Gasteiger partial charge in [0.25, 0.3) is 5.56 Å². The van der Waals surface area contributed by atoms with E-state index in [1.54, 1.807) is 6.20 Å². The second kappa shape index (κ2) is 6.04. The van der Waals surface area contributed by atoms with E-state index in [1.165, 1.54) is 11.3 Å². The van der Waals surface area contributed by atoms with Gasteiger partial charge in [-0.15, -0.1) is 11.3 Å². The molecule has 0 aliphatic heterocycles. The molecule has 2 N–H and O–H groups in total. The topological polar surface area (TPSA) is 91.9 Å². The fraction of sp³-hybridized carbons (Fsp3) is 0.273. The average molecular weight is 334 g/mol. The lowest BCUT2D eigenvalue weighted by atomic mass is 10.4. The summed E-state index contributed by atoms with van der Waals surface area (Å²) in [5.74, 6) is 0. The molecule has 0 saturated carbocycles. The number of aromatic nitrogens is 2. The first-order valence-electron chi connectivity index (χ1n) is 5.74. The smallest absolute Gasteiger partial charge is 0.266 e. The zero-order valence-electron chi connectivity index (χ0n) is 10.5. The molecule has 0 aliphatic carbocycles. The summed E-state index contributed by atoms with van der Waals surface area (Å²) in [6.07, 6.45) is 3.70. The standard InChI is InChI=1S/C11H12ClN3O3S2/c1-2-7-4-13-10(19-7)6-15-20(17,18)8-3-9(12)11(16)14-5-8/h3-5,15H,2,6H2,1H3,(H,14,16). The van der Waals surface area contributed by atoms with Crippen LogP contribution in [-0.2, 0) is 23.0 Å². The molecule has 108 valence electrons. The average Bonchev–Trinajstić information content (AvgIpc) is 2.87. The third-order valence-corrected chi connectivity index (χ3v) is 5.31. The van der Waals surface area contributed by atoms with Crippen LogP contribution < -0.4 is 10.3 Å². The van der Waals surface area contributed by atoms with Gasteiger partial charge < -0.3 is 4.98 Å². The Bertz CT molecular complexity index is 767. The quantitative estimate of drug-likeness (QED) is 0.867.